The van der Waals surface area contributed by atoms with Crippen molar-refractivity contribution in [2.45, 2.75) is 30.6 Å². The molecule has 0 amide bonds. The number of nitrogens with one attached hydrogen (secondary N) is 1. The van der Waals surface area contributed by atoms with Crippen molar-refractivity contribution in [3.63, 3.8) is 0 Å². The van der Waals surface area contributed by atoms with Crippen molar-refractivity contribution in [1.29, 1.82) is 0 Å². The minimum Gasteiger partial charge on any atom is -0.379 e. The lowest BCUT2D eigenvalue weighted by Gasteiger charge is -2.29. The first-order valence-electron chi connectivity index (χ1n) is 9.24. The zero-order chi connectivity index (χ0) is 19.0. The number of likely N-dealkylation sites (tertiary alicyclic amines) is 1. The van der Waals surface area contributed by atoms with Crippen LogP contribution in [0.15, 0.2) is 53.4 Å². The third-order valence-corrected chi connectivity index (χ3v) is 6.63. The second-order valence-electron chi connectivity index (χ2n) is 7.30. The molecule has 142 valence electrons. The van der Waals surface area contributed by atoms with Gasteiger partial charge in [0.25, 0.3) is 0 Å². The van der Waals surface area contributed by atoms with Crippen LogP contribution >= 0.6 is 0 Å². The van der Waals surface area contributed by atoms with Crippen LogP contribution in [0.25, 0.3) is 10.9 Å². The monoisotopic (exact) mass is 384 g/mol. The highest BCUT2D eigenvalue weighted by Crippen LogP contribution is 2.37. The molecule has 5 nitrogen and oxygen atoms in total. The number of H-pyrrole nitrogens is 1. The topological polar surface area (TPSA) is 62.4 Å². The van der Waals surface area contributed by atoms with Crippen LogP contribution in [-0.4, -0.2) is 38.4 Å². The highest BCUT2D eigenvalue weighted by molar-refractivity contribution is 7.87. The molecule has 0 unspecified atom stereocenters. The lowest BCUT2D eigenvalue weighted by molar-refractivity contribution is 0.255. The molecule has 4 rings (SSSR count). The minimum atomic E-state index is -3.84. The zero-order valence-corrected chi connectivity index (χ0v) is 16.4. The van der Waals surface area contributed by atoms with Crippen molar-refractivity contribution >= 4 is 21.0 Å². The fraction of sp³-hybridized carbons (Fsp3) is 0.333. The molecule has 1 aromatic heterocycles. The highest BCUT2D eigenvalue weighted by Gasteiger charge is 2.24. The number of aromatic amines is 1. The molecular formula is C21H24N2O3S. The number of hydrogen-bond donors (Lipinski definition) is 1. The van der Waals surface area contributed by atoms with Crippen molar-refractivity contribution in [3.05, 3.63) is 59.8 Å². The standard InChI is InChI=1S/C21H24N2O3S/c1-15-21(16-10-12-23(2)13-11-16)19-14-17(8-9-20(19)22-15)26-27(24,25)18-6-4-3-5-7-18/h3-9,14,16,22H,10-13H2,1-2H3. The Labute approximate surface area is 160 Å². The number of hydrogen-bond acceptors (Lipinski definition) is 4. The van der Waals surface area contributed by atoms with Crippen LogP contribution in [0.1, 0.15) is 30.0 Å². The Morgan fingerprint density at radius 3 is 2.48 bits per heavy atom. The Morgan fingerprint density at radius 1 is 1.07 bits per heavy atom. The molecule has 2 aromatic carbocycles. The Bertz CT molecular complexity index is 1050. The van der Waals surface area contributed by atoms with Gasteiger partial charge in [0.05, 0.1) is 0 Å². The molecule has 6 heteroatoms. The highest BCUT2D eigenvalue weighted by atomic mass is 32.2. The lowest BCUT2D eigenvalue weighted by atomic mass is 9.88. The SMILES string of the molecule is Cc1[nH]c2ccc(OS(=O)(=O)c3ccccc3)cc2c1C1CCN(C)CC1. The first kappa shape index (κ1) is 18.1. The molecule has 1 aliphatic heterocycles. The predicted octanol–water partition coefficient (Wildman–Crippen LogP) is 4.05. The van der Waals surface area contributed by atoms with Gasteiger partial charge in [-0.1, -0.05) is 18.2 Å². The van der Waals surface area contributed by atoms with Crippen molar-refractivity contribution in [3.8, 4) is 5.75 Å². The third-order valence-electron chi connectivity index (χ3n) is 5.37. The Balaban J connectivity index is 1.69. The molecule has 0 radical (unpaired) electrons. The van der Waals surface area contributed by atoms with E-state index >= 15 is 0 Å². The first-order chi connectivity index (χ1) is 12.9. The van der Waals surface area contributed by atoms with Crippen LogP contribution in [0, 0.1) is 6.92 Å². The molecule has 27 heavy (non-hydrogen) atoms. The molecule has 1 saturated heterocycles. The van der Waals surface area contributed by atoms with Crippen LogP contribution < -0.4 is 4.18 Å². The number of fused-ring (bicyclic) bond motifs is 1. The molecule has 0 bridgehead atoms. The van der Waals surface area contributed by atoms with E-state index in [4.69, 9.17) is 4.18 Å². The molecule has 0 aliphatic carbocycles. The first-order valence-corrected chi connectivity index (χ1v) is 10.7. The third kappa shape index (κ3) is 3.59. The van der Waals surface area contributed by atoms with Crippen LogP contribution in [0.3, 0.4) is 0 Å². The van der Waals surface area contributed by atoms with Crippen LogP contribution in [0.5, 0.6) is 5.75 Å². The average molecular weight is 385 g/mol. The summed E-state index contributed by atoms with van der Waals surface area (Å²) in [6.07, 6.45) is 2.22. The van der Waals surface area contributed by atoms with Crippen molar-refractivity contribution in [2.75, 3.05) is 20.1 Å². The summed E-state index contributed by atoms with van der Waals surface area (Å²) < 4.78 is 30.5. The summed E-state index contributed by atoms with van der Waals surface area (Å²) >= 11 is 0. The van der Waals surface area contributed by atoms with Gasteiger partial charge >= 0.3 is 10.1 Å². The van der Waals surface area contributed by atoms with Crippen LogP contribution in [0.2, 0.25) is 0 Å². The summed E-state index contributed by atoms with van der Waals surface area (Å²) in [6.45, 7) is 4.25. The van der Waals surface area contributed by atoms with Crippen molar-refractivity contribution < 1.29 is 12.6 Å². The van der Waals surface area contributed by atoms with Crippen molar-refractivity contribution in [2.24, 2.45) is 0 Å². The molecule has 1 aliphatic rings. The maximum absolute atomic E-state index is 12.5. The van der Waals surface area contributed by atoms with E-state index in [1.54, 1.807) is 24.3 Å². The number of rotatable bonds is 4. The predicted molar refractivity (Wildman–Crippen MR) is 107 cm³/mol. The van der Waals surface area contributed by atoms with Gasteiger partial charge in [-0.25, -0.2) is 0 Å². The quantitative estimate of drug-likeness (QED) is 0.689. The molecule has 1 fully saturated rings. The summed E-state index contributed by atoms with van der Waals surface area (Å²) in [5, 5.41) is 1.06. The van der Waals surface area contributed by atoms with Gasteiger partial charge in [-0.05, 0) is 81.7 Å². The molecule has 3 aromatic rings. The van der Waals surface area contributed by atoms with E-state index in [1.165, 1.54) is 17.7 Å². The van der Waals surface area contributed by atoms with Gasteiger partial charge in [0, 0.05) is 16.6 Å². The average Bonchev–Trinajstić information content (AvgIpc) is 2.98. The Morgan fingerprint density at radius 2 is 1.78 bits per heavy atom. The fourth-order valence-electron chi connectivity index (χ4n) is 3.96. The smallest absolute Gasteiger partial charge is 0.339 e. The number of aryl methyl sites for hydroxylation is 1. The lowest BCUT2D eigenvalue weighted by Crippen LogP contribution is -2.29. The summed E-state index contributed by atoms with van der Waals surface area (Å²) in [6, 6.07) is 13.7. The molecular weight excluding hydrogens is 360 g/mol. The normalized spacial score (nSPS) is 16.7. The van der Waals surface area contributed by atoms with E-state index in [0.29, 0.717) is 11.7 Å². The van der Waals surface area contributed by atoms with Gasteiger partial charge in [0.15, 0.2) is 0 Å². The largest absolute Gasteiger partial charge is 0.379 e. The van der Waals surface area contributed by atoms with Gasteiger partial charge in [-0.15, -0.1) is 0 Å². The summed E-state index contributed by atoms with van der Waals surface area (Å²) in [5.74, 6) is 0.829. The molecule has 1 N–H and O–H groups in total. The number of nitrogens with zero attached hydrogens (tertiary/aromatic N) is 1. The van der Waals surface area contributed by atoms with Crippen LogP contribution in [-0.2, 0) is 10.1 Å². The van der Waals surface area contributed by atoms with Gasteiger partial charge < -0.3 is 14.1 Å². The van der Waals surface area contributed by atoms with Gasteiger partial charge in [-0.3, -0.25) is 0 Å². The van der Waals surface area contributed by atoms with Crippen LogP contribution in [0.4, 0.5) is 0 Å². The number of aromatic nitrogens is 1. The van der Waals surface area contributed by atoms with Gasteiger partial charge in [0.2, 0.25) is 0 Å². The number of piperidine rings is 1. The molecule has 0 atom stereocenters. The second kappa shape index (κ2) is 7.02. The summed E-state index contributed by atoms with van der Waals surface area (Å²) in [7, 11) is -1.69. The molecule has 0 saturated carbocycles. The molecule has 2 heterocycles. The molecule has 0 spiro atoms. The maximum atomic E-state index is 12.5. The second-order valence-corrected chi connectivity index (χ2v) is 8.85. The van der Waals surface area contributed by atoms with Gasteiger partial charge in [-0.2, -0.15) is 8.42 Å². The van der Waals surface area contributed by atoms with E-state index in [2.05, 4.69) is 23.9 Å². The van der Waals surface area contributed by atoms with Crippen molar-refractivity contribution in [1.82, 2.24) is 9.88 Å². The summed E-state index contributed by atoms with van der Waals surface area (Å²) in [4.78, 5) is 5.95. The minimum absolute atomic E-state index is 0.158. The Kier molecular flexibility index (Phi) is 4.70. The maximum Gasteiger partial charge on any atom is 0.339 e. The van der Waals surface area contributed by atoms with Gasteiger partial charge in [0.1, 0.15) is 10.6 Å². The fourth-order valence-corrected chi connectivity index (χ4v) is 4.91. The Hall–Kier alpha value is -2.31. The number of benzene rings is 2. The van der Waals surface area contributed by atoms with E-state index in [0.717, 1.165) is 42.5 Å². The van der Waals surface area contributed by atoms with E-state index in [9.17, 15) is 8.42 Å². The van der Waals surface area contributed by atoms with E-state index in [-0.39, 0.29) is 4.90 Å². The summed E-state index contributed by atoms with van der Waals surface area (Å²) in [5.41, 5.74) is 3.47. The van der Waals surface area contributed by atoms with E-state index in [1.807, 2.05) is 12.1 Å². The zero-order valence-electron chi connectivity index (χ0n) is 15.6. The van der Waals surface area contributed by atoms with E-state index < -0.39 is 10.1 Å².